The maximum absolute atomic E-state index is 13.2. The van der Waals surface area contributed by atoms with Crippen LogP contribution < -0.4 is 5.32 Å². The first-order valence-electron chi connectivity index (χ1n) is 6.99. The number of carbonyl (C=O) groups excluding carboxylic acids is 1. The molecule has 1 aliphatic rings. The van der Waals surface area contributed by atoms with Gasteiger partial charge in [-0.3, -0.25) is 4.79 Å². The van der Waals surface area contributed by atoms with E-state index in [1.165, 1.54) is 6.42 Å². The number of benzene rings is 1. The van der Waals surface area contributed by atoms with Crippen molar-refractivity contribution in [2.75, 3.05) is 6.54 Å². The number of hydrogen-bond acceptors (Lipinski definition) is 2. The van der Waals surface area contributed by atoms with Gasteiger partial charge in [-0.05, 0) is 30.9 Å². The maximum atomic E-state index is 13.2. The summed E-state index contributed by atoms with van der Waals surface area (Å²) in [6.07, 6.45) is 5.46. The van der Waals surface area contributed by atoms with Gasteiger partial charge in [0.05, 0.1) is 11.1 Å². The first-order chi connectivity index (χ1) is 9.99. The Labute approximate surface area is 121 Å². The normalized spacial score (nSPS) is 15.7. The summed E-state index contributed by atoms with van der Waals surface area (Å²) in [5, 5.41) is 11.6. The molecule has 0 saturated heterocycles. The van der Waals surface area contributed by atoms with Crippen molar-refractivity contribution in [1.29, 1.82) is 0 Å². The molecule has 0 aliphatic heterocycles. The number of amides is 1. The Morgan fingerprint density at radius 2 is 1.67 bits per heavy atom. The average Bonchev–Trinajstić information content (AvgIpc) is 2.48. The van der Waals surface area contributed by atoms with Crippen LogP contribution in [0.4, 0.5) is 8.78 Å². The highest BCUT2D eigenvalue weighted by Gasteiger charge is 2.21. The second-order valence-corrected chi connectivity index (χ2v) is 5.33. The fourth-order valence-corrected chi connectivity index (χ4v) is 2.64. The summed E-state index contributed by atoms with van der Waals surface area (Å²) in [6, 6.07) is 1.17. The lowest BCUT2D eigenvalue weighted by atomic mass is 9.89. The minimum Gasteiger partial charge on any atom is -0.478 e. The van der Waals surface area contributed by atoms with Crippen molar-refractivity contribution in [3.05, 3.63) is 34.9 Å². The number of carboxylic acid groups (broad SMARTS) is 1. The van der Waals surface area contributed by atoms with Crippen LogP contribution in [0, 0.1) is 17.6 Å². The van der Waals surface area contributed by atoms with Crippen molar-refractivity contribution in [2.45, 2.75) is 32.1 Å². The zero-order valence-corrected chi connectivity index (χ0v) is 11.5. The third-order valence-corrected chi connectivity index (χ3v) is 3.81. The van der Waals surface area contributed by atoms with E-state index < -0.39 is 29.1 Å². The predicted octanol–water partition coefficient (Wildman–Crippen LogP) is 2.97. The van der Waals surface area contributed by atoms with Gasteiger partial charge >= 0.3 is 5.97 Å². The summed E-state index contributed by atoms with van der Waals surface area (Å²) >= 11 is 0. The average molecular weight is 297 g/mol. The molecule has 0 atom stereocenters. The second-order valence-electron chi connectivity index (χ2n) is 5.33. The standard InChI is InChI=1S/C15H17F2NO3/c16-12-6-10(11(15(20)21)7-13(12)17)14(19)18-8-9-4-2-1-3-5-9/h6-7,9H,1-5,8H2,(H,18,19)(H,20,21). The Morgan fingerprint density at radius 1 is 1.10 bits per heavy atom. The molecule has 4 nitrogen and oxygen atoms in total. The van der Waals surface area contributed by atoms with Crippen LogP contribution in [0.5, 0.6) is 0 Å². The van der Waals surface area contributed by atoms with Crippen LogP contribution in [0.15, 0.2) is 12.1 Å². The summed E-state index contributed by atoms with van der Waals surface area (Å²) in [4.78, 5) is 23.0. The molecule has 1 saturated carbocycles. The molecule has 114 valence electrons. The molecule has 21 heavy (non-hydrogen) atoms. The SMILES string of the molecule is O=C(O)c1cc(F)c(F)cc1C(=O)NCC1CCCCC1. The van der Waals surface area contributed by atoms with Gasteiger partial charge < -0.3 is 10.4 Å². The molecular formula is C15H17F2NO3. The molecule has 2 N–H and O–H groups in total. The van der Waals surface area contributed by atoms with Crippen LogP contribution in [0.1, 0.15) is 52.8 Å². The van der Waals surface area contributed by atoms with Gasteiger partial charge in [-0.1, -0.05) is 19.3 Å². The smallest absolute Gasteiger partial charge is 0.336 e. The molecule has 1 aromatic carbocycles. The molecule has 1 fully saturated rings. The van der Waals surface area contributed by atoms with E-state index in [1.807, 2.05) is 0 Å². The molecule has 0 unspecified atom stereocenters. The molecule has 6 heteroatoms. The van der Waals surface area contributed by atoms with Crippen molar-refractivity contribution >= 4 is 11.9 Å². The highest BCUT2D eigenvalue weighted by molar-refractivity contribution is 6.04. The van der Waals surface area contributed by atoms with E-state index in [4.69, 9.17) is 5.11 Å². The van der Waals surface area contributed by atoms with E-state index in [1.54, 1.807) is 0 Å². The van der Waals surface area contributed by atoms with Crippen LogP contribution in [0.3, 0.4) is 0 Å². The number of carboxylic acids is 1. The summed E-state index contributed by atoms with van der Waals surface area (Å²) in [5.41, 5.74) is -0.882. The first-order valence-corrected chi connectivity index (χ1v) is 6.99. The van der Waals surface area contributed by atoms with E-state index in [9.17, 15) is 18.4 Å². The molecule has 0 heterocycles. The highest BCUT2D eigenvalue weighted by Crippen LogP contribution is 2.23. The molecule has 1 aromatic rings. The Kier molecular flexibility index (Phi) is 4.88. The Bertz CT molecular complexity index is 554. The summed E-state index contributed by atoms with van der Waals surface area (Å²) in [5.74, 6) is -4.30. The van der Waals surface area contributed by atoms with Gasteiger partial charge in [-0.25, -0.2) is 13.6 Å². The number of rotatable bonds is 4. The first kappa shape index (κ1) is 15.4. The second kappa shape index (κ2) is 6.65. The van der Waals surface area contributed by atoms with Crippen molar-refractivity contribution in [3.63, 3.8) is 0 Å². The van der Waals surface area contributed by atoms with Crippen molar-refractivity contribution in [2.24, 2.45) is 5.92 Å². The fourth-order valence-electron chi connectivity index (χ4n) is 2.64. The van der Waals surface area contributed by atoms with Gasteiger partial charge in [0.15, 0.2) is 11.6 Å². The Morgan fingerprint density at radius 3 is 2.24 bits per heavy atom. The van der Waals surface area contributed by atoms with Crippen molar-refractivity contribution < 1.29 is 23.5 Å². The Balaban J connectivity index is 2.10. The van der Waals surface area contributed by atoms with Gasteiger partial charge in [0, 0.05) is 6.54 Å². The highest BCUT2D eigenvalue weighted by atomic mass is 19.2. The van der Waals surface area contributed by atoms with Gasteiger partial charge in [0.2, 0.25) is 0 Å². The van der Waals surface area contributed by atoms with E-state index in [0.29, 0.717) is 24.6 Å². The minimum atomic E-state index is -1.46. The quantitative estimate of drug-likeness (QED) is 0.898. The Hall–Kier alpha value is -1.98. The largest absolute Gasteiger partial charge is 0.478 e. The monoisotopic (exact) mass is 297 g/mol. The third-order valence-electron chi connectivity index (χ3n) is 3.81. The number of halogens is 2. The maximum Gasteiger partial charge on any atom is 0.336 e. The molecule has 0 bridgehead atoms. The molecule has 2 rings (SSSR count). The summed E-state index contributed by atoms with van der Waals surface area (Å²) in [7, 11) is 0. The van der Waals surface area contributed by atoms with E-state index in [2.05, 4.69) is 5.32 Å². The topological polar surface area (TPSA) is 66.4 Å². The summed E-state index contributed by atoms with van der Waals surface area (Å²) < 4.78 is 26.3. The molecular weight excluding hydrogens is 280 g/mol. The van der Waals surface area contributed by atoms with Crippen molar-refractivity contribution in [1.82, 2.24) is 5.32 Å². The predicted molar refractivity (Wildman–Crippen MR) is 72.2 cm³/mol. The molecule has 1 aliphatic carbocycles. The number of nitrogens with one attached hydrogen (secondary N) is 1. The van der Waals surface area contributed by atoms with E-state index >= 15 is 0 Å². The fraction of sp³-hybridized carbons (Fsp3) is 0.467. The van der Waals surface area contributed by atoms with Gasteiger partial charge in [-0.2, -0.15) is 0 Å². The number of aromatic carboxylic acids is 1. The van der Waals surface area contributed by atoms with Crippen LogP contribution in [-0.2, 0) is 0 Å². The minimum absolute atomic E-state index is 0.350. The van der Waals surface area contributed by atoms with Gasteiger partial charge in [0.25, 0.3) is 5.91 Å². The molecule has 0 aromatic heterocycles. The van der Waals surface area contributed by atoms with Crippen LogP contribution >= 0.6 is 0 Å². The van der Waals surface area contributed by atoms with E-state index in [-0.39, 0.29) is 5.56 Å². The van der Waals surface area contributed by atoms with Gasteiger partial charge in [-0.15, -0.1) is 0 Å². The summed E-state index contributed by atoms with van der Waals surface area (Å²) in [6.45, 7) is 0.427. The zero-order chi connectivity index (χ0) is 15.4. The lowest BCUT2D eigenvalue weighted by Gasteiger charge is -2.21. The van der Waals surface area contributed by atoms with Crippen LogP contribution in [0.25, 0.3) is 0 Å². The zero-order valence-electron chi connectivity index (χ0n) is 11.5. The lowest BCUT2D eigenvalue weighted by molar-refractivity contribution is 0.0690. The molecule has 1 amide bonds. The molecule has 0 radical (unpaired) electrons. The number of hydrogen-bond donors (Lipinski definition) is 2. The van der Waals surface area contributed by atoms with Gasteiger partial charge in [0.1, 0.15) is 0 Å². The van der Waals surface area contributed by atoms with Crippen LogP contribution in [0.2, 0.25) is 0 Å². The van der Waals surface area contributed by atoms with Crippen molar-refractivity contribution in [3.8, 4) is 0 Å². The lowest BCUT2D eigenvalue weighted by Crippen LogP contribution is -2.31. The molecule has 0 spiro atoms. The van der Waals surface area contributed by atoms with E-state index in [0.717, 1.165) is 25.7 Å². The van der Waals surface area contributed by atoms with Crippen LogP contribution in [-0.4, -0.2) is 23.5 Å². The number of carbonyl (C=O) groups is 2. The third kappa shape index (κ3) is 3.77.